The van der Waals surface area contributed by atoms with Crippen LogP contribution in [0, 0.1) is 13.8 Å². The zero-order valence-corrected chi connectivity index (χ0v) is 14.0. The molecule has 126 valence electrons. The fourth-order valence-corrected chi connectivity index (χ4v) is 4.05. The van der Waals surface area contributed by atoms with Crippen LogP contribution < -0.4 is 5.32 Å². The standard InChI is InChI=1S/C17H21N5O2/c1-10-13(11(2)22-15(20-10)7-8-19-22)4-6-16(23)21-12-3-5-14(21)17(24)18-9-12/h7-8,12,14H,3-6,9H2,1-2H3,(H,18,24). The molecule has 0 spiro atoms. The summed E-state index contributed by atoms with van der Waals surface area (Å²) in [7, 11) is 0. The van der Waals surface area contributed by atoms with Crippen molar-refractivity contribution in [1.29, 1.82) is 0 Å². The van der Waals surface area contributed by atoms with Gasteiger partial charge >= 0.3 is 0 Å². The molecule has 2 bridgehead atoms. The molecule has 0 radical (unpaired) electrons. The third-order valence-electron chi connectivity index (χ3n) is 5.29. The summed E-state index contributed by atoms with van der Waals surface area (Å²) >= 11 is 0. The SMILES string of the molecule is Cc1nc2ccnn2c(C)c1CCC(=O)N1C2CCC1C(=O)NC2. The minimum Gasteiger partial charge on any atom is -0.352 e. The molecule has 0 aromatic carbocycles. The van der Waals surface area contributed by atoms with Gasteiger partial charge in [-0.3, -0.25) is 9.59 Å². The number of nitrogens with one attached hydrogen (secondary N) is 1. The van der Waals surface area contributed by atoms with Crippen LogP contribution in [0.4, 0.5) is 0 Å². The predicted octanol–water partition coefficient (Wildman–Crippen LogP) is 0.768. The van der Waals surface area contributed by atoms with Crippen molar-refractivity contribution in [2.45, 2.75) is 51.6 Å². The van der Waals surface area contributed by atoms with E-state index in [-0.39, 0.29) is 23.9 Å². The molecule has 1 N–H and O–H groups in total. The average molecular weight is 327 g/mol. The number of carbonyl (C=O) groups is 2. The topological polar surface area (TPSA) is 79.6 Å². The summed E-state index contributed by atoms with van der Waals surface area (Å²) in [5.41, 5.74) is 3.85. The van der Waals surface area contributed by atoms with E-state index in [1.807, 2.05) is 29.3 Å². The molecule has 2 unspecified atom stereocenters. The molecule has 2 atom stereocenters. The van der Waals surface area contributed by atoms with Gasteiger partial charge < -0.3 is 10.2 Å². The molecule has 0 aliphatic carbocycles. The highest BCUT2D eigenvalue weighted by Crippen LogP contribution is 2.28. The van der Waals surface area contributed by atoms with Crippen molar-refractivity contribution in [3.63, 3.8) is 0 Å². The zero-order valence-electron chi connectivity index (χ0n) is 14.0. The van der Waals surface area contributed by atoms with Crippen LogP contribution in [0.15, 0.2) is 12.3 Å². The molecular weight excluding hydrogens is 306 g/mol. The Morgan fingerprint density at radius 2 is 2.21 bits per heavy atom. The van der Waals surface area contributed by atoms with Crippen LogP contribution in [-0.4, -0.2) is 49.9 Å². The monoisotopic (exact) mass is 327 g/mol. The van der Waals surface area contributed by atoms with Gasteiger partial charge in [-0.15, -0.1) is 0 Å². The van der Waals surface area contributed by atoms with E-state index in [0.717, 1.165) is 35.4 Å². The fourth-order valence-electron chi connectivity index (χ4n) is 4.05. The number of amides is 2. The van der Waals surface area contributed by atoms with Crippen molar-refractivity contribution in [3.8, 4) is 0 Å². The van der Waals surface area contributed by atoms with Crippen LogP contribution in [0.3, 0.4) is 0 Å². The molecule has 0 saturated carbocycles. The lowest BCUT2D eigenvalue weighted by molar-refractivity contribution is -0.143. The van der Waals surface area contributed by atoms with Gasteiger partial charge in [0.15, 0.2) is 5.65 Å². The first-order valence-electron chi connectivity index (χ1n) is 8.45. The highest BCUT2D eigenvalue weighted by molar-refractivity contribution is 5.90. The van der Waals surface area contributed by atoms with Crippen LogP contribution in [-0.2, 0) is 16.0 Å². The molecule has 2 aromatic rings. The van der Waals surface area contributed by atoms with Gasteiger partial charge in [-0.1, -0.05) is 0 Å². The lowest BCUT2D eigenvalue weighted by Crippen LogP contribution is -2.57. The maximum atomic E-state index is 12.7. The number of hydrogen-bond donors (Lipinski definition) is 1. The van der Waals surface area contributed by atoms with Crippen molar-refractivity contribution in [2.24, 2.45) is 0 Å². The molecule has 7 nitrogen and oxygen atoms in total. The number of aryl methyl sites for hydroxylation is 2. The molecule has 2 fully saturated rings. The largest absolute Gasteiger partial charge is 0.352 e. The third-order valence-corrected chi connectivity index (χ3v) is 5.29. The summed E-state index contributed by atoms with van der Waals surface area (Å²) in [6.45, 7) is 4.56. The van der Waals surface area contributed by atoms with Crippen molar-refractivity contribution in [2.75, 3.05) is 6.54 Å². The van der Waals surface area contributed by atoms with Gasteiger partial charge in [0.2, 0.25) is 11.8 Å². The zero-order chi connectivity index (χ0) is 16.8. The summed E-state index contributed by atoms with van der Waals surface area (Å²) in [5.74, 6) is 0.0563. The van der Waals surface area contributed by atoms with E-state index >= 15 is 0 Å². The number of fused-ring (bicyclic) bond motifs is 3. The van der Waals surface area contributed by atoms with Crippen molar-refractivity contribution >= 4 is 17.5 Å². The summed E-state index contributed by atoms with van der Waals surface area (Å²) in [6.07, 6.45) is 4.44. The Hall–Kier alpha value is -2.44. The van der Waals surface area contributed by atoms with Gasteiger partial charge in [-0.2, -0.15) is 5.10 Å². The van der Waals surface area contributed by atoms with Gasteiger partial charge in [0.05, 0.1) is 6.20 Å². The number of nitrogens with zero attached hydrogens (tertiary/aromatic N) is 4. The molecule has 4 heterocycles. The molecule has 2 amide bonds. The summed E-state index contributed by atoms with van der Waals surface area (Å²) in [4.78, 5) is 31.0. The van der Waals surface area contributed by atoms with Crippen LogP contribution in [0.5, 0.6) is 0 Å². The van der Waals surface area contributed by atoms with E-state index in [2.05, 4.69) is 15.4 Å². The minimum absolute atomic E-state index is 0.0101. The first-order valence-corrected chi connectivity index (χ1v) is 8.45. The Morgan fingerprint density at radius 3 is 3.04 bits per heavy atom. The summed E-state index contributed by atoms with van der Waals surface area (Å²) < 4.78 is 1.81. The summed E-state index contributed by atoms with van der Waals surface area (Å²) in [6, 6.07) is 1.76. The number of aromatic nitrogens is 3. The highest BCUT2D eigenvalue weighted by Gasteiger charge is 2.43. The first-order chi connectivity index (χ1) is 11.6. The van der Waals surface area contributed by atoms with Gasteiger partial charge in [0.1, 0.15) is 6.04 Å². The smallest absolute Gasteiger partial charge is 0.242 e. The second kappa shape index (κ2) is 5.58. The second-order valence-corrected chi connectivity index (χ2v) is 6.66. The average Bonchev–Trinajstić information content (AvgIpc) is 3.14. The lowest BCUT2D eigenvalue weighted by atomic mass is 10.0. The van der Waals surface area contributed by atoms with E-state index < -0.39 is 0 Å². The van der Waals surface area contributed by atoms with Gasteiger partial charge in [0.25, 0.3) is 0 Å². The van der Waals surface area contributed by atoms with E-state index in [9.17, 15) is 9.59 Å². The van der Waals surface area contributed by atoms with Gasteiger partial charge in [-0.05, 0) is 38.7 Å². The number of rotatable bonds is 3. The van der Waals surface area contributed by atoms with Crippen LogP contribution in [0.25, 0.3) is 5.65 Å². The highest BCUT2D eigenvalue weighted by atomic mass is 16.2. The second-order valence-electron chi connectivity index (χ2n) is 6.66. The normalized spacial score (nSPS) is 22.9. The van der Waals surface area contributed by atoms with Crippen LogP contribution >= 0.6 is 0 Å². The molecule has 2 aromatic heterocycles. The Balaban J connectivity index is 1.53. The van der Waals surface area contributed by atoms with Crippen molar-refractivity contribution in [1.82, 2.24) is 24.8 Å². The Morgan fingerprint density at radius 1 is 1.38 bits per heavy atom. The first kappa shape index (κ1) is 15.1. The maximum Gasteiger partial charge on any atom is 0.242 e. The minimum atomic E-state index is -0.273. The molecule has 24 heavy (non-hydrogen) atoms. The Kier molecular flexibility index (Phi) is 3.51. The van der Waals surface area contributed by atoms with E-state index in [1.165, 1.54) is 0 Å². The number of hydrogen-bond acceptors (Lipinski definition) is 4. The molecule has 2 aliphatic heterocycles. The van der Waals surface area contributed by atoms with Crippen molar-refractivity contribution in [3.05, 3.63) is 29.2 Å². The quantitative estimate of drug-likeness (QED) is 0.903. The number of piperazine rings is 1. The Bertz CT molecular complexity index is 828. The van der Waals surface area contributed by atoms with E-state index in [4.69, 9.17) is 0 Å². The summed E-state index contributed by atoms with van der Waals surface area (Å²) in [5, 5.41) is 7.17. The molecule has 2 aliphatic rings. The van der Waals surface area contributed by atoms with Crippen LogP contribution in [0.1, 0.15) is 36.2 Å². The van der Waals surface area contributed by atoms with Crippen molar-refractivity contribution < 1.29 is 9.59 Å². The molecule has 4 rings (SSSR count). The molecule has 2 saturated heterocycles. The fraction of sp³-hybridized carbons (Fsp3) is 0.529. The van der Waals surface area contributed by atoms with Gasteiger partial charge in [0, 0.05) is 36.5 Å². The predicted molar refractivity (Wildman–Crippen MR) is 87.4 cm³/mol. The van der Waals surface area contributed by atoms with E-state index in [0.29, 0.717) is 19.4 Å². The molecule has 7 heteroatoms. The number of carbonyl (C=O) groups excluding carboxylic acids is 2. The lowest BCUT2D eigenvalue weighted by Gasteiger charge is -2.34. The molecular formula is C17H21N5O2. The third kappa shape index (κ3) is 2.26. The Labute approximate surface area is 140 Å². The maximum absolute atomic E-state index is 12.7. The van der Waals surface area contributed by atoms with Crippen LogP contribution in [0.2, 0.25) is 0 Å². The van der Waals surface area contributed by atoms with E-state index in [1.54, 1.807) is 6.20 Å². The van der Waals surface area contributed by atoms with Gasteiger partial charge in [-0.25, -0.2) is 9.50 Å².